The third-order valence-electron chi connectivity index (χ3n) is 3.44. The van der Waals surface area contributed by atoms with Crippen molar-refractivity contribution in [2.45, 2.75) is 23.9 Å². The lowest BCUT2D eigenvalue weighted by molar-refractivity contribution is -0.143. The fourth-order valence-corrected chi connectivity index (χ4v) is 4.00. The molecule has 0 amide bonds. The van der Waals surface area contributed by atoms with Gasteiger partial charge in [-0.2, -0.15) is 17.5 Å². The van der Waals surface area contributed by atoms with Crippen LogP contribution in [-0.4, -0.2) is 41.9 Å². The normalized spacial score (nSPS) is 20.8. The van der Waals surface area contributed by atoms with Crippen LogP contribution in [-0.2, 0) is 21.0 Å². The molecule has 1 fully saturated rings. The molecule has 0 radical (unpaired) electrons. The third kappa shape index (κ3) is 3.22. The van der Waals surface area contributed by atoms with Crippen LogP contribution in [0.25, 0.3) is 0 Å². The van der Waals surface area contributed by atoms with Gasteiger partial charge in [0.25, 0.3) is 0 Å². The number of aromatic nitrogens is 1. The predicted octanol–water partition coefficient (Wildman–Crippen LogP) is 1.59. The van der Waals surface area contributed by atoms with Gasteiger partial charge in [-0.05, 0) is 18.9 Å². The number of hydrogen-bond donors (Lipinski definition) is 1. The number of carboxylic acids is 1. The van der Waals surface area contributed by atoms with Gasteiger partial charge < -0.3 is 5.11 Å². The fourth-order valence-electron chi connectivity index (χ4n) is 2.32. The second-order valence-corrected chi connectivity index (χ2v) is 6.82. The Kier molecular flexibility index (Phi) is 4.43. The summed E-state index contributed by atoms with van der Waals surface area (Å²) in [4.78, 5) is 13.5. The molecule has 0 aliphatic carbocycles. The number of alkyl halides is 3. The minimum absolute atomic E-state index is 0.0156. The molecule has 122 valence electrons. The molecular weight excluding hydrogens is 325 g/mol. The van der Waals surface area contributed by atoms with Crippen LogP contribution >= 0.6 is 0 Å². The first-order chi connectivity index (χ1) is 10.1. The first-order valence-corrected chi connectivity index (χ1v) is 7.82. The molecule has 0 aromatic carbocycles. The van der Waals surface area contributed by atoms with E-state index in [1.807, 2.05) is 0 Å². The molecule has 1 N–H and O–H groups in total. The molecule has 1 saturated heterocycles. The average Bonchev–Trinajstić information content (AvgIpc) is 2.46. The first-order valence-electron chi connectivity index (χ1n) is 6.38. The van der Waals surface area contributed by atoms with Crippen LogP contribution in [0.5, 0.6) is 0 Å². The van der Waals surface area contributed by atoms with Gasteiger partial charge in [0, 0.05) is 25.5 Å². The molecule has 6 nitrogen and oxygen atoms in total. The maximum absolute atomic E-state index is 12.9. The summed E-state index contributed by atoms with van der Waals surface area (Å²) in [5.74, 6) is -2.09. The van der Waals surface area contributed by atoms with E-state index >= 15 is 0 Å². The Morgan fingerprint density at radius 3 is 2.68 bits per heavy atom. The smallest absolute Gasteiger partial charge is 0.417 e. The van der Waals surface area contributed by atoms with Crippen LogP contribution < -0.4 is 0 Å². The highest BCUT2D eigenvalue weighted by Crippen LogP contribution is 2.35. The second-order valence-electron chi connectivity index (χ2n) is 4.91. The summed E-state index contributed by atoms with van der Waals surface area (Å²) in [5, 5.41) is 8.96. The van der Waals surface area contributed by atoms with Crippen molar-refractivity contribution in [3.05, 3.63) is 24.0 Å². The van der Waals surface area contributed by atoms with Crippen LogP contribution in [0.2, 0.25) is 0 Å². The summed E-state index contributed by atoms with van der Waals surface area (Å²) in [6.07, 6.45) is -2.77. The highest BCUT2D eigenvalue weighted by Gasteiger charge is 2.41. The summed E-state index contributed by atoms with van der Waals surface area (Å²) < 4.78 is 64.4. The molecule has 1 atom stereocenters. The third-order valence-corrected chi connectivity index (χ3v) is 5.33. The van der Waals surface area contributed by atoms with E-state index in [1.54, 1.807) is 0 Å². The topological polar surface area (TPSA) is 87.6 Å². The molecule has 22 heavy (non-hydrogen) atoms. The quantitative estimate of drug-likeness (QED) is 0.904. The van der Waals surface area contributed by atoms with Gasteiger partial charge in [0.05, 0.1) is 11.5 Å². The number of carboxylic acid groups (broad SMARTS) is 1. The Balaban J connectivity index is 2.41. The first kappa shape index (κ1) is 16.7. The zero-order valence-electron chi connectivity index (χ0n) is 11.2. The zero-order valence-corrected chi connectivity index (χ0v) is 12.1. The minimum Gasteiger partial charge on any atom is -0.481 e. The summed E-state index contributed by atoms with van der Waals surface area (Å²) in [5.41, 5.74) is -1.31. The number of nitrogens with zero attached hydrogens (tertiary/aromatic N) is 2. The van der Waals surface area contributed by atoms with Crippen molar-refractivity contribution < 1.29 is 31.5 Å². The van der Waals surface area contributed by atoms with E-state index in [2.05, 4.69) is 4.98 Å². The van der Waals surface area contributed by atoms with E-state index in [1.165, 1.54) is 0 Å². The van der Waals surface area contributed by atoms with Crippen LogP contribution in [0.4, 0.5) is 13.2 Å². The Labute approximate surface area is 124 Å². The van der Waals surface area contributed by atoms with Crippen LogP contribution in [0.15, 0.2) is 23.4 Å². The van der Waals surface area contributed by atoms with Crippen molar-refractivity contribution in [1.82, 2.24) is 9.29 Å². The molecule has 0 bridgehead atoms. The van der Waals surface area contributed by atoms with Gasteiger partial charge in [-0.3, -0.25) is 9.78 Å². The number of carbonyl (C=O) groups is 1. The van der Waals surface area contributed by atoms with E-state index in [9.17, 15) is 26.4 Å². The average molecular weight is 338 g/mol. The predicted molar refractivity (Wildman–Crippen MR) is 68.4 cm³/mol. The van der Waals surface area contributed by atoms with Gasteiger partial charge >= 0.3 is 12.1 Å². The van der Waals surface area contributed by atoms with Crippen molar-refractivity contribution in [2.24, 2.45) is 5.92 Å². The molecular formula is C12H13F3N2O4S. The molecule has 1 aliphatic heterocycles. The number of pyridine rings is 1. The largest absolute Gasteiger partial charge is 0.481 e. The highest BCUT2D eigenvalue weighted by molar-refractivity contribution is 7.89. The van der Waals surface area contributed by atoms with Crippen molar-refractivity contribution >= 4 is 16.0 Å². The fraction of sp³-hybridized carbons (Fsp3) is 0.500. The van der Waals surface area contributed by atoms with Gasteiger partial charge in [-0.1, -0.05) is 0 Å². The maximum Gasteiger partial charge on any atom is 0.417 e. The van der Waals surface area contributed by atoms with E-state index in [0.29, 0.717) is 18.7 Å². The SMILES string of the molecule is O=C(O)C1CCCN(S(=O)(=O)c2cnccc2C(F)(F)F)C1. The Morgan fingerprint density at radius 2 is 2.09 bits per heavy atom. The summed E-state index contributed by atoms with van der Waals surface area (Å²) in [6, 6.07) is 0.589. The Hall–Kier alpha value is -1.68. The molecule has 10 heteroatoms. The number of rotatable bonds is 3. The van der Waals surface area contributed by atoms with Crippen molar-refractivity contribution in [1.29, 1.82) is 0 Å². The molecule has 0 saturated carbocycles. The highest BCUT2D eigenvalue weighted by atomic mass is 32.2. The number of halogens is 3. The zero-order chi connectivity index (χ0) is 16.5. The molecule has 2 heterocycles. The molecule has 1 aromatic heterocycles. The molecule has 1 aliphatic rings. The summed E-state index contributed by atoms with van der Waals surface area (Å²) in [7, 11) is -4.45. The number of sulfonamides is 1. The monoisotopic (exact) mass is 338 g/mol. The van der Waals surface area contributed by atoms with E-state index in [-0.39, 0.29) is 19.5 Å². The Morgan fingerprint density at radius 1 is 1.41 bits per heavy atom. The molecule has 2 rings (SSSR count). The number of aliphatic carboxylic acids is 1. The standard InChI is InChI=1S/C12H13F3N2O4S/c13-12(14,15)9-3-4-16-6-10(9)22(20,21)17-5-1-2-8(7-17)11(18)19/h3-4,6,8H,1-2,5,7H2,(H,18,19). The lowest BCUT2D eigenvalue weighted by Crippen LogP contribution is -2.42. The van der Waals surface area contributed by atoms with Gasteiger partial charge in [-0.15, -0.1) is 0 Å². The van der Waals surface area contributed by atoms with Crippen LogP contribution in [0.3, 0.4) is 0 Å². The second kappa shape index (κ2) is 5.84. The van der Waals surface area contributed by atoms with E-state index in [4.69, 9.17) is 5.11 Å². The van der Waals surface area contributed by atoms with Crippen molar-refractivity contribution in [3.63, 3.8) is 0 Å². The summed E-state index contributed by atoms with van der Waals surface area (Å²) >= 11 is 0. The molecule has 0 spiro atoms. The van der Waals surface area contributed by atoms with Crippen molar-refractivity contribution in [2.75, 3.05) is 13.1 Å². The van der Waals surface area contributed by atoms with Gasteiger partial charge in [-0.25, -0.2) is 8.42 Å². The van der Waals surface area contributed by atoms with Gasteiger partial charge in [0.2, 0.25) is 10.0 Å². The molecule has 1 aromatic rings. The number of hydrogen-bond acceptors (Lipinski definition) is 4. The van der Waals surface area contributed by atoms with E-state index in [0.717, 1.165) is 10.5 Å². The molecule has 1 unspecified atom stereocenters. The lowest BCUT2D eigenvalue weighted by atomic mass is 10.0. The Bertz CT molecular complexity index is 675. The van der Waals surface area contributed by atoms with Crippen LogP contribution in [0.1, 0.15) is 18.4 Å². The van der Waals surface area contributed by atoms with Gasteiger partial charge in [0.1, 0.15) is 4.90 Å². The summed E-state index contributed by atoms with van der Waals surface area (Å²) in [6.45, 7) is -0.359. The van der Waals surface area contributed by atoms with Crippen molar-refractivity contribution in [3.8, 4) is 0 Å². The van der Waals surface area contributed by atoms with E-state index < -0.39 is 38.5 Å². The van der Waals surface area contributed by atoms with Crippen LogP contribution in [0, 0.1) is 5.92 Å². The van der Waals surface area contributed by atoms with Gasteiger partial charge in [0.15, 0.2) is 0 Å². The maximum atomic E-state index is 12.9. The minimum atomic E-state index is -4.84. The number of piperidine rings is 1. The lowest BCUT2D eigenvalue weighted by Gasteiger charge is -2.30.